The van der Waals surface area contributed by atoms with Gasteiger partial charge in [-0.25, -0.2) is 0 Å². The van der Waals surface area contributed by atoms with Crippen LogP contribution in [0, 0.1) is 0 Å². The Morgan fingerprint density at radius 2 is 0.682 bits per heavy atom. The van der Waals surface area contributed by atoms with Crippen LogP contribution in [0.3, 0.4) is 0 Å². The largest absolute Gasteiger partial charge is 0.493 e. The molecule has 2 aliphatic heterocycles. The lowest BCUT2D eigenvalue weighted by atomic mass is 9.98. The van der Waals surface area contributed by atoms with E-state index < -0.39 is 23.6 Å². The number of carbonyl (C=O) groups is 6. The molecule has 2 heterocycles. The molecule has 0 saturated carbocycles. The lowest BCUT2D eigenvalue weighted by Crippen LogP contribution is -2.30. The van der Waals surface area contributed by atoms with E-state index in [-0.39, 0.29) is 73.3 Å². The predicted octanol–water partition coefficient (Wildman–Crippen LogP) is 10.3. The highest BCUT2D eigenvalue weighted by Gasteiger charge is 2.32. The van der Waals surface area contributed by atoms with Gasteiger partial charge in [-0.05, 0) is 165 Å². The maximum atomic E-state index is 14.4. The molecule has 0 unspecified atom stereocenters. The molecule has 0 radical (unpaired) electrons. The van der Waals surface area contributed by atoms with Crippen LogP contribution in [0.5, 0.6) is 34.5 Å². The monoisotopic (exact) mass is 1230 g/mol. The Kier molecular flexibility index (Phi) is 19.0. The SMILES string of the molecule is COc1cc(CNC(=O)c2cc3c(cc2C(=O)NCCc2ccc(Cl)cc2)CN(C(=O)c2ccc4cc(C(=O)N5Cc6cc(C(=O)NCCc7ccc(Cl)cc7)c(C(=O)NCc7cc(OC)c(OC)c(OC)c7)cc6C5)ccc4c2)C3)cc(OC)c1OC. The third-order valence-corrected chi connectivity index (χ3v) is 16.1. The number of benzene rings is 8. The second-order valence-corrected chi connectivity index (χ2v) is 22.0. The van der Waals surface area contributed by atoms with Crippen LogP contribution in [-0.4, -0.2) is 101 Å². The highest BCUT2D eigenvalue weighted by Crippen LogP contribution is 2.40. The second-order valence-electron chi connectivity index (χ2n) is 21.1. The number of nitrogens with one attached hydrogen (secondary N) is 4. The Hall–Kier alpha value is -9.78. The van der Waals surface area contributed by atoms with E-state index in [1.54, 1.807) is 119 Å². The van der Waals surface area contributed by atoms with Crippen molar-refractivity contribution in [3.8, 4) is 34.5 Å². The van der Waals surface area contributed by atoms with E-state index >= 15 is 0 Å². The van der Waals surface area contributed by atoms with Crippen molar-refractivity contribution in [3.05, 3.63) is 221 Å². The summed E-state index contributed by atoms with van der Waals surface area (Å²) < 4.78 is 33.0. The zero-order valence-electron chi connectivity index (χ0n) is 49.3. The molecule has 0 spiro atoms. The molecule has 10 rings (SSSR count). The van der Waals surface area contributed by atoms with Crippen molar-refractivity contribution >= 4 is 69.4 Å². The van der Waals surface area contributed by atoms with Gasteiger partial charge < -0.3 is 59.5 Å². The Labute approximate surface area is 518 Å². The molecule has 0 fully saturated rings. The highest BCUT2D eigenvalue weighted by molar-refractivity contribution is 6.30. The number of methoxy groups -OCH3 is 6. The van der Waals surface area contributed by atoms with Gasteiger partial charge >= 0.3 is 0 Å². The number of carbonyl (C=O) groups excluding carboxylic acids is 6. The molecule has 8 aromatic rings. The zero-order valence-corrected chi connectivity index (χ0v) is 50.8. The van der Waals surface area contributed by atoms with E-state index in [4.69, 9.17) is 51.6 Å². The fourth-order valence-corrected chi connectivity index (χ4v) is 11.2. The zero-order chi connectivity index (χ0) is 62.2. The third-order valence-electron chi connectivity index (χ3n) is 15.6. The first-order chi connectivity index (χ1) is 42.6. The van der Waals surface area contributed by atoms with Gasteiger partial charge in [0.15, 0.2) is 23.0 Å². The first-order valence-electron chi connectivity index (χ1n) is 28.2. The van der Waals surface area contributed by atoms with Gasteiger partial charge in [-0.3, -0.25) is 28.8 Å². The van der Waals surface area contributed by atoms with E-state index in [1.807, 2.05) is 24.3 Å². The van der Waals surface area contributed by atoms with Gasteiger partial charge in [-0.15, -0.1) is 0 Å². The lowest BCUT2D eigenvalue weighted by Gasteiger charge is -2.17. The van der Waals surface area contributed by atoms with Gasteiger partial charge in [0.2, 0.25) is 11.5 Å². The molecular weight excluding hydrogens is 1160 g/mol. The van der Waals surface area contributed by atoms with E-state index in [9.17, 15) is 28.8 Å². The van der Waals surface area contributed by atoms with Crippen molar-refractivity contribution in [3.63, 3.8) is 0 Å². The first kappa shape index (κ1) is 61.3. The van der Waals surface area contributed by atoms with E-state index in [2.05, 4.69) is 21.3 Å². The molecule has 88 heavy (non-hydrogen) atoms. The van der Waals surface area contributed by atoms with Crippen molar-refractivity contribution in [1.29, 1.82) is 0 Å². The fraction of sp³-hybridized carbons (Fsp3) is 0.235. The maximum Gasteiger partial charge on any atom is 0.254 e. The number of amides is 6. The first-order valence-corrected chi connectivity index (χ1v) is 29.0. The summed E-state index contributed by atoms with van der Waals surface area (Å²) in [7, 11) is 9.02. The number of hydrogen-bond acceptors (Lipinski definition) is 12. The highest BCUT2D eigenvalue weighted by atomic mass is 35.5. The van der Waals surface area contributed by atoms with Crippen LogP contribution < -0.4 is 49.7 Å². The van der Waals surface area contributed by atoms with Gasteiger partial charge in [0.25, 0.3) is 35.4 Å². The molecule has 20 heteroatoms. The second kappa shape index (κ2) is 27.3. The molecule has 0 aromatic heterocycles. The summed E-state index contributed by atoms with van der Waals surface area (Å²) in [5.41, 5.74) is 7.58. The molecule has 6 amide bonds. The van der Waals surface area contributed by atoms with Crippen molar-refractivity contribution in [2.75, 3.05) is 55.7 Å². The minimum absolute atomic E-state index is 0.0687. The van der Waals surface area contributed by atoms with Gasteiger partial charge in [0, 0.05) is 73.5 Å². The molecule has 0 aliphatic carbocycles. The van der Waals surface area contributed by atoms with Crippen LogP contribution >= 0.6 is 23.2 Å². The van der Waals surface area contributed by atoms with Crippen LogP contribution in [0.1, 0.15) is 107 Å². The number of hydrogen-bond donors (Lipinski definition) is 4. The van der Waals surface area contributed by atoms with Crippen LogP contribution in [0.2, 0.25) is 10.0 Å². The molecule has 0 bridgehead atoms. The van der Waals surface area contributed by atoms with Gasteiger partial charge in [0.05, 0.1) is 64.9 Å². The van der Waals surface area contributed by atoms with Gasteiger partial charge in [-0.1, -0.05) is 59.6 Å². The van der Waals surface area contributed by atoms with Crippen LogP contribution in [-0.2, 0) is 52.1 Å². The smallest absolute Gasteiger partial charge is 0.254 e. The predicted molar refractivity (Wildman–Crippen MR) is 334 cm³/mol. The minimum Gasteiger partial charge on any atom is -0.493 e. The standard InChI is InChI=1S/C68H64Cl2N6O12/c1-83-57-23-41(24-58(84-2)61(57)87-5)33-73-65(79)55-31-49-37-75(35-47(49)29-53(55)63(77)71-21-19-39-7-15-51(69)16-8-39)67(81)45-13-11-44-28-46(14-12-43(44)27-45)68(82)76-36-48-30-54(64(78)72-22-20-40-9-17-52(70)18-10-40)56(32-50(48)38-76)66(80)74-34-42-25-59(85-3)62(88-6)60(26-42)86-4/h7-18,23-32H,19-22,33-38H2,1-6H3,(H,71,77)(H,72,78)(H,73,79)(H,74,80). The summed E-state index contributed by atoms with van der Waals surface area (Å²) in [5.74, 6) is 0.0556. The van der Waals surface area contributed by atoms with Crippen LogP contribution in [0.15, 0.2) is 133 Å². The summed E-state index contributed by atoms with van der Waals surface area (Å²) in [6, 6.07) is 38.9. The summed E-state index contributed by atoms with van der Waals surface area (Å²) >= 11 is 12.2. The Bertz CT molecular complexity index is 3720. The van der Waals surface area contributed by atoms with Crippen molar-refractivity contribution in [2.45, 2.75) is 52.1 Å². The van der Waals surface area contributed by atoms with Crippen molar-refractivity contribution in [2.24, 2.45) is 0 Å². The summed E-state index contributed by atoms with van der Waals surface area (Å²) in [6.07, 6.45) is 1.05. The minimum atomic E-state index is -0.498. The number of rotatable bonds is 22. The fourth-order valence-electron chi connectivity index (χ4n) is 11.0. The maximum absolute atomic E-state index is 14.4. The Balaban J connectivity index is 0.839. The molecule has 0 saturated heterocycles. The van der Waals surface area contributed by atoms with E-state index in [0.717, 1.165) is 33.0 Å². The lowest BCUT2D eigenvalue weighted by molar-refractivity contribution is 0.0744. The summed E-state index contributed by atoms with van der Waals surface area (Å²) in [6.45, 7) is 1.46. The summed E-state index contributed by atoms with van der Waals surface area (Å²) in [5, 5.41) is 14.5. The van der Waals surface area contributed by atoms with E-state index in [0.29, 0.717) is 104 Å². The van der Waals surface area contributed by atoms with Gasteiger partial charge in [0.1, 0.15) is 0 Å². The van der Waals surface area contributed by atoms with Crippen molar-refractivity contribution < 1.29 is 57.2 Å². The molecule has 4 N–H and O–H groups in total. The Morgan fingerprint density at radius 3 is 0.977 bits per heavy atom. The molecule has 18 nitrogen and oxygen atoms in total. The molecule has 0 atom stereocenters. The number of nitrogens with zero attached hydrogens (tertiary/aromatic N) is 2. The molecule has 8 aromatic carbocycles. The van der Waals surface area contributed by atoms with Crippen LogP contribution in [0.25, 0.3) is 10.8 Å². The van der Waals surface area contributed by atoms with Gasteiger partial charge in [-0.2, -0.15) is 0 Å². The average molecular weight is 1230 g/mol. The number of ether oxygens (including phenoxy) is 6. The Morgan fingerprint density at radius 1 is 0.375 bits per heavy atom. The average Bonchev–Trinajstić information content (AvgIpc) is 2.71. The quantitative estimate of drug-likeness (QED) is 0.0499. The van der Waals surface area contributed by atoms with Crippen LogP contribution in [0.4, 0.5) is 0 Å². The molecular formula is C68H64Cl2N6O12. The number of halogens is 2. The molecule has 2 aliphatic rings. The topological polar surface area (TPSA) is 212 Å². The molecule has 452 valence electrons. The van der Waals surface area contributed by atoms with Crippen molar-refractivity contribution in [1.82, 2.24) is 31.1 Å². The van der Waals surface area contributed by atoms with E-state index in [1.165, 1.54) is 42.7 Å². The summed E-state index contributed by atoms with van der Waals surface area (Å²) in [4.78, 5) is 88.5. The third kappa shape index (κ3) is 13.6. The normalized spacial score (nSPS) is 12.2. The number of fused-ring (bicyclic) bond motifs is 3.